The summed E-state index contributed by atoms with van der Waals surface area (Å²) in [5, 5.41) is 10.2. The Kier molecular flexibility index (Phi) is 5.77. The highest BCUT2D eigenvalue weighted by atomic mass is 16.6. The molecule has 0 aliphatic carbocycles. The first-order valence-electron chi connectivity index (χ1n) is 7.64. The van der Waals surface area contributed by atoms with Crippen molar-refractivity contribution in [2.45, 2.75) is 39.6 Å². The van der Waals surface area contributed by atoms with Gasteiger partial charge in [-0.15, -0.1) is 0 Å². The zero-order valence-corrected chi connectivity index (χ0v) is 13.7. The van der Waals surface area contributed by atoms with E-state index in [9.17, 15) is 9.90 Å². The van der Waals surface area contributed by atoms with Crippen LogP contribution in [0.3, 0.4) is 0 Å². The molecular weight excluding hydrogens is 292 g/mol. The van der Waals surface area contributed by atoms with Crippen LogP contribution in [0.5, 0.6) is 5.75 Å². The van der Waals surface area contributed by atoms with E-state index in [-0.39, 0.29) is 12.7 Å². The Morgan fingerprint density at radius 1 is 1.09 bits per heavy atom. The number of aliphatic hydroxyl groups is 1. The molecule has 0 aromatic heterocycles. The molecule has 0 radical (unpaired) electrons. The molecule has 0 saturated heterocycles. The van der Waals surface area contributed by atoms with Gasteiger partial charge in [0, 0.05) is 0 Å². The number of carbonyl (C=O) groups is 1. The molecule has 4 heteroatoms. The van der Waals surface area contributed by atoms with Gasteiger partial charge in [-0.2, -0.15) is 0 Å². The van der Waals surface area contributed by atoms with Gasteiger partial charge in [0.15, 0.2) is 6.10 Å². The summed E-state index contributed by atoms with van der Waals surface area (Å²) in [7, 11) is 0. The largest absolute Gasteiger partial charge is 0.489 e. The van der Waals surface area contributed by atoms with E-state index in [1.165, 1.54) is 0 Å². The van der Waals surface area contributed by atoms with E-state index in [4.69, 9.17) is 9.47 Å². The van der Waals surface area contributed by atoms with Crippen LogP contribution in [0.1, 0.15) is 36.6 Å². The summed E-state index contributed by atoms with van der Waals surface area (Å²) in [6.07, 6.45) is -1.58. The van der Waals surface area contributed by atoms with E-state index in [0.717, 1.165) is 16.9 Å². The zero-order chi connectivity index (χ0) is 16.8. The van der Waals surface area contributed by atoms with E-state index in [0.29, 0.717) is 5.56 Å². The van der Waals surface area contributed by atoms with Gasteiger partial charge < -0.3 is 14.6 Å². The summed E-state index contributed by atoms with van der Waals surface area (Å²) in [4.78, 5) is 11.9. The Hall–Kier alpha value is -2.33. The number of carbonyl (C=O) groups excluding carboxylic acids is 1. The molecule has 0 spiro atoms. The summed E-state index contributed by atoms with van der Waals surface area (Å²) in [5.41, 5.74) is 2.29. The lowest BCUT2D eigenvalue weighted by Gasteiger charge is -2.17. The maximum Gasteiger partial charge on any atom is 0.339 e. The smallest absolute Gasteiger partial charge is 0.339 e. The van der Waals surface area contributed by atoms with Gasteiger partial charge in [0.25, 0.3) is 0 Å². The van der Waals surface area contributed by atoms with Crippen LogP contribution in [0.4, 0.5) is 0 Å². The number of aryl methyl sites for hydroxylation is 1. The quantitative estimate of drug-likeness (QED) is 0.828. The predicted octanol–water partition coefficient (Wildman–Crippen LogP) is 3.56. The molecule has 0 aliphatic rings. The highest BCUT2D eigenvalue weighted by molar-refractivity contribution is 5.76. The lowest BCUT2D eigenvalue weighted by atomic mass is 10.0. The highest BCUT2D eigenvalue weighted by Gasteiger charge is 2.22. The second-order valence-electron chi connectivity index (χ2n) is 5.64. The Balaban J connectivity index is 2.14. The van der Waals surface area contributed by atoms with E-state index >= 15 is 0 Å². The second kappa shape index (κ2) is 7.79. The fourth-order valence-corrected chi connectivity index (χ4v) is 2.23. The van der Waals surface area contributed by atoms with Crippen molar-refractivity contribution in [1.29, 1.82) is 0 Å². The minimum Gasteiger partial charge on any atom is -0.489 e. The SMILES string of the molecule is Cc1ccccc1OCc1ccccc1C(O)C(=O)OC(C)C. The lowest BCUT2D eigenvalue weighted by Crippen LogP contribution is -2.20. The van der Waals surface area contributed by atoms with Gasteiger partial charge in [-0.1, -0.05) is 42.5 Å². The third-order valence-corrected chi connectivity index (χ3v) is 3.40. The molecule has 122 valence electrons. The first kappa shape index (κ1) is 17.0. The number of aliphatic hydroxyl groups excluding tert-OH is 1. The fraction of sp³-hybridized carbons (Fsp3) is 0.316. The van der Waals surface area contributed by atoms with Gasteiger partial charge >= 0.3 is 5.97 Å². The molecule has 0 saturated carbocycles. The first-order valence-corrected chi connectivity index (χ1v) is 7.64. The fourth-order valence-electron chi connectivity index (χ4n) is 2.23. The topological polar surface area (TPSA) is 55.8 Å². The monoisotopic (exact) mass is 314 g/mol. The van der Waals surface area contributed by atoms with Crippen LogP contribution < -0.4 is 4.74 Å². The Morgan fingerprint density at radius 3 is 2.43 bits per heavy atom. The van der Waals surface area contributed by atoms with E-state index in [1.54, 1.807) is 26.0 Å². The first-order chi connectivity index (χ1) is 11.0. The van der Waals surface area contributed by atoms with Crippen LogP contribution in [0.15, 0.2) is 48.5 Å². The summed E-state index contributed by atoms with van der Waals surface area (Å²) < 4.78 is 10.9. The average molecular weight is 314 g/mol. The van der Waals surface area contributed by atoms with E-state index in [2.05, 4.69) is 0 Å². The van der Waals surface area contributed by atoms with Crippen molar-refractivity contribution >= 4 is 5.97 Å². The minimum atomic E-state index is -1.31. The number of hydrogen-bond donors (Lipinski definition) is 1. The Bertz CT molecular complexity index is 664. The van der Waals surface area contributed by atoms with Crippen molar-refractivity contribution in [1.82, 2.24) is 0 Å². The van der Waals surface area contributed by atoms with Crippen molar-refractivity contribution in [3.05, 3.63) is 65.2 Å². The summed E-state index contributed by atoms with van der Waals surface area (Å²) in [5.74, 6) is 0.130. The van der Waals surface area contributed by atoms with Crippen LogP contribution in [0.2, 0.25) is 0 Å². The van der Waals surface area contributed by atoms with Gasteiger partial charge in [-0.05, 0) is 43.5 Å². The maximum absolute atomic E-state index is 11.9. The molecule has 0 heterocycles. The van der Waals surface area contributed by atoms with Crippen molar-refractivity contribution in [3.63, 3.8) is 0 Å². The molecule has 0 amide bonds. The predicted molar refractivity (Wildman–Crippen MR) is 88.1 cm³/mol. The molecular formula is C19H22O4. The molecule has 23 heavy (non-hydrogen) atoms. The number of para-hydroxylation sites is 1. The normalized spacial score (nSPS) is 12.0. The molecule has 1 unspecified atom stereocenters. The summed E-state index contributed by atoms with van der Waals surface area (Å²) >= 11 is 0. The average Bonchev–Trinajstić information content (AvgIpc) is 2.53. The minimum absolute atomic E-state index is 0.271. The van der Waals surface area contributed by atoms with Crippen molar-refractivity contribution < 1.29 is 19.4 Å². The van der Waals surface area contributed by atoms with Crippen LogP contribution in [0, 0.1) is 6.92 Å². The molecule has 0 bridgehead atoms. The molecule has 0 aliphatic heterocycles. The molecule has 1 N–H and O–H groups in total. The summed E-state index contributed by atoms with van der Waals surface area (Å²) in [6.45, 7) is 5.73. The number of esters is 1. The third kappa shape index (κ3) is 4.57. The van der Waals surface area contributed by atoms with Gasteiger partial charge in [0.2, 0.25) is 0 Å². The third-order valence-electron chi connectivity index (χ3n) is 3.40. The Morgan fingerprint density at radius 2 is 1.74 bits per heavy atom. The molecule has 2 aromatic rings. The van der Waals surface area contributed by atoms with E-state index in [1.807, 2.05) is 43.3 Å². The Labute approximate surface area is 136 Å². The molecule has 0 fully saturated rings. The number of hydrogen-bond acceptors (Lipinski definition) is 4. The molecule has 2 rings (SSSR count). The van der Waals surface area contributed by atoms with Crippen LogP contribution in [-0.4, -0.2) is 17.2 Å². The number of ether oxygens (including phenoxy) is 2. The zero-order valence-electron chi connectivity index (χ0n) is 13.7. The maximum atomic E-state index is 11.9. The lowest BCUT2D eigenvalue weighted by molar-refractivity contribution is -0.157. The van der Waals surface area contributed by atoms with Crippen LogP contribution >= 0.6 is 0 Å². The van der Waals surface area contributed by atoms with Gasteiger partial charge in [0.1, 0.15) is 12.4 Å². The van der Waals surface area contributed by atoms with Crippen molar-refractivity contribution in [2.75, 3.05) is 0 Å². The molecule has 4 nitrogen and oxygen atoms in total. The standard InChI is InChI=1S/C19H22O4/c1-13(2)23-19(21)18(20)16-10-6-5-9-15(16)12-22-17-11-7-4-8-14(17)3/h4-11,13,18,20H,12H2,1-3H3. The van der Waals surface area contributed by atoms with Crippen LogP contribution in [0.25, 0.3) is 0 Å². The van der Waals surface area contributed by atoms with Gasteiger partial charge in [0.05, 0.1) is 6.10 Å². The van der Waals surface area contributed by atoms with E-state index < -0.39 is 12.1 Å². The van der Waals surface area contributed by atoms with Gasteiger partial charge in [-0.3, -0.25) is 0 Å². The molecule has 1 atom stereocenters. The van der Waals surface area contributed by atoms with Gasteiger partial charge in [-0.25, -0.2) is 4.79 Å². The molecule has 2 aromatic carbocycles. The van der Waals surface area contributed by atoms with Crippen LogP contribution in [-0.2, 0) is 16.1 Å². The number of benzene rings is 2. The highest BCUT2D eigenvalue weighted by Crippen LogP contribution is 2.23. The second-order valence-corrected chi connectivity index (χ2v) is 5.64. The van der Waals surface area contributed by atoms with Crippen molar-refractivity contribution in [2.24, 2.45) is 0 Å². The van der Waals surface area contributed by atoms with Crippen molar-refractivity contribution in [3.8, 4) is 5.75 Å². The summed E-state index contributed by atoms with van der Waals surface area (Å²) in [6, 6.07) is 14.9. The number of rotatable bonds is 6.